The quantitative estimate of drug-likeness (QED) is 0.596. The highest BCUT2D eigenvalue weighted by atomic mass is 35.5. The second kappa shape index (κ2) is 8.03. The third-order valence-electron chi connectivity index (χ3n) is 3.76. The third-order valence-corrected chi connectivity index (χ3v) is 4.01. The topological polar surface area (TPSA) is 62.7 Å². The summed E-state index contributed by atoms with van der Waals surface area (Å²) in [6.45, 7) is 5.75. The molecule has 0 aliphatic rings. The van der Waals surface area contributed by atoms with Crippen LogP contribution in [0.4, 0.5) is 10.5 Å². The van der Waals surface area contributed by atoms with E-state index in [1.807, 2.05) is 45.0 Å². The van der Waals surface area contributed by atoms with Gasteiger partial charge in [-0.1, -0.05) is 35.0 Å². The van der Waals surface area contributed by atoms with Crippen LogP contribution in [0, 0.1) is 0 Å². The van der Waals surface area contributed by atoms with Gasteiger partial charge in [-0.05, 0) is 62.2 Å². The van der Waals surface area contributed by atoms with Crippen molar-refractivity contribution >= 4 is 29.0 Å². The van der Waals surface area contributed by atoms with Gasteiger partial charge in [-0.2, -0.15) is 0 Å². The zero-order valence-electron chi connectivity index (χ0n) is 14.8. The summed E-state index contributed by atoms with van der Waals surface area (Å²) in [6.07, 6.45) is 0. The van der Waals surface area contributed by atoms with Crippen LogP contribution in [0.1, 0.15) is 31.9 Å². The first-order chi connectivity index (χ1) is 11.8. The van der Waals surface area contributed by atoms with E-state index in [0.717, 1.165) is 16.8 Å². The van der Waals surface area contributed by atoms with Gasteiger partial charge in [-0.3, -0.25) is 0 Å². The van der Waals surface area contributed by atoms with E-state index in [1.54, 1.807) is 24.3 Å². The lowest BCUT2D eigenvalue weighted by Gasteiger charge is -2.27. The van der Waals surface area contributed by atoms with Gasteiger partial charge < -0.3 is 15.5 Å². The fraction of sp³-hybridized carbons (Fsp3) is 0.263. The normalized spacial score (nSPS) is 11.8. The molecule has 0 bridgehead atoms. The van der Waals surface area contributed by atoms with Crippen molar-refractivity contribution in [2.45, 2.75) is 26.3 Å². The van der Waals surface area contributed by atoms with Crippen molar-refractivity contribution in [3.63, 3.8) is 0 Å². The second-order valence-electron chi connectivity index (χ2n) is 6.15. The maximum atomic E-state index is 12.3. The van der Waals surface area contributed by atoms with Crippen molar-refractivity contribution in [3.05, 3.63) is 64.7 Å². The molecule has 0 unspecified atom stereocenters. The molecule has 2 N–H and O–H groups in total. The molecule has 132 valence electrons. The van der Waals surface area contributed by atoms with Crippen LogP contribution in [-0.4, -0.2) is 18.9 Å². The lowest BCUT2D eigenvalue weighted by molar-refractivity contribution is 0.213. The average molecular weight is 360 g/mol. The number of nitrogens with one attached hydrogen (secondary N) is 2. The molecule has 2 aromatic rings. The van der Waals surface area contributed by atoms with Crippen LogP contribution in [0.3, 0.4) is 0 Å². The Balaban J connectivity index is 2.12. The predicted molar refractivity (Wildman–Crippen MR) is 102 cm³/mol. The average Bonchev–Trinajstić information content (AvgIpc) is 2.57. The Morgan fingerprint density at radius 3 is 2.48 bits per heavy atom. The number of anilines is 1. The molecular formula is C19H22ClN3O2. The summed E-state index contributed by atoms with van der Waals surface area (Å²) >= 11 is 5.85. The molecule has 0 radical (unpaired) electrons. The van der Waals surface area contributed by atoms with E-state index >= 15 is 0 Å². The fourth-order valence-electron chi connectivity index (χ4n) is 2.37. The monoisotopic (exact) mass is 359 g/mol. The van der Waals surface area contributed by atoms with E-state index in [4.69, 9.17) is 16.4 Å². The van der Waals surface area contributed by atoms with E-state index in [1.165, 1.54) is 7.11 Å². The number of oxime groups is 1. The molecule has 5 nitrogen and oxygen atoms in total. The molecule has 0 fully saturated rings. The van der Waals surface area contributed by atoms with E-state index in [0.29, 0.717) is 10.7 Å². The Kier molecular flexibility index (Phi) is 6.04. The van der Waals surface area contributed by atoms with Gasteiger partial charge in [-0.15, -0.1) is 0 Å². The van der Waals surface area contributed by atoms with Gasteiger partial charge in [0.1, 0.15) is 7.11 Å². The van der Waals surface area contributed by atoms with E-state index in [9.17, 15) is 4.79 Å². The Morgan fingerprint density at radius 2 is 1.84 bits per heavy atom. The lowest BCUT2D eigenvalue weighted by atomic mass is 9.92. The molecule has 0 spiro atoms. The number of halogens is 1. The summed E-state index contributed by atoms with van der Waals surface area (Å²) in [6, 6.07) is 14.5. The summed E-state index contributed by atoms with van der Waals surface area (Å²) < 4.78 is 0. The number of rotatable bonds is 5. The molecule has 0 aliphatic heterocycles. The summed E-state index contributed by atoms with van der Waals surface area (Å²) in [5.41, 5.74) is 2.77. The Labute approximate surface area is 153 Å². The molecular weight excluding hydrogens is 338 g/mol. The summed E-state index contributed by atoms with van der Waals surface area (Å²) in [7, 11) is 1.51. The number of hydrogen-bond acceptors (Lipinski definition) is 3. The molecule has 0 saturated carbocycles. The van der Waals surface area contributed by atoms with Gasteiger partial charge in [0.25, 0.3) is 0 Å². The van der Waals surface area contributed by atoms with Crippen LogP contribution >= 0.6 is 11.6 Å². The standard InChI is InChI=1S/C19H22ClN3O2/c1-13(23-25-4)14-6-5-7-15(12-14)19(2,3)22-18(24)21-17-10-8-16(20)9-11-17/h5-12H,1-4H3,(H2,21,22,24). The summed E-state index contributed by atoms with van der Waals surface area (Å²) in [5.74, 6) is 0. The highest BCUT2D eigenvalue weighted by Gasteiger charge is 2.23. The number of carbonyl (C=O) groups excluding carboxylic acids is 1. The number of benzene rings is 2. The Bertz CT molecular complexity index is 770. The van der Waals surface area contributed by atoms with Crippen LogP contribution in [0.2, 0.25) is 5.02 Å². The SMILES string of the molecule is CON=C(C)c1cccc(C(C)(C)NC(=O)Nc2ccc(Cl)cc2)c1. The first-order valence-corrected chi connectivity index (χ1v) is 8.23. The largest absolute Gasteiger partial charge is 0.399 e. The molecule has 0 aliphatic carbocycles. The zero-order valence-corrected chi connectivity index (χ0v) is 15.5. The molecule has 0 aromatic heterocycles. The number of hydrogen-bond donors (Lipinski definition) is 2. The van der Waals surface area contributed by atoms with Gasteiger partial charge in [0.05, 0.1) is 11.3 Å². The van der Waals surface area contributed by atoms with Crippen LogP contribution in [0.5, 0.6) is 0 Å². The van der Waals surface area contributed by atoms with Gasteiger partial charge in [0, 0.05) is 10.7 Å². The van der Waals surface area contributed by atoms with Gasteiger partial charge in [0.15, 0.2) is 0 Å². The van der Waals surface area contributed by atoms with Crippen molar-refractivity contribution in [1.82, 2.24) is 5.32 Å². The van der Waals surface area contributed by atoms with Crippen molar-refractivity contribution in [2.24, 2.45) is 5.16 Å². The maximum absolute atomic E-state index is 12.3. The van der Waals surface area contributed by atoms with E-state index < -0.39 is 5.54 Å². The molecule has 0 atom stereocenters. The Hall–Kier alpha value is -2.53. The highest BCUT2D eigenvalue weighted by Crippen LogP contribution is 2.22. The first kappa shape index (κ1) is 18.8. The minimum absolute atomic E-state index is 0.292. The first-order valence-electron chi connectivity index (χ1n) is 7.85. The number of amides is 2. The molecule has 25 heavy (non-hydrogen) atoms. The minimum Gasteiger partial charge on any atom is -0.399 e. The van der Waals surface area contributed by atoms with Crippen molar-refractivity contribution in [3.8, 4) is 0 Å². The number of carbonyl (C=O) groups is 1. The second-order valence-corrected chi connectivity index (χ2v) is 6.59. The summed E-state index contributed by atoms with van der Waals surface area (Å²) in [4.78, 5) is 17.1. The molecule has 0 heterocycles. The molecule has 6 heteroatoms. The van der Waals surface area contributed by atoms with Gasteiger partial charge in [-0.25, -0.2) is 4.79 Å². The fourth-order valence-corrected chi connectivity index (χ4v) is 2.50. The number of nitrogens with zero attached hydrogens (tertiary/aromatic N) is 1. The zero-order chi connectivity index (χ0) is 18.4. The van der Waals surface area contributed by atoms with Crippen molar-refractivity contribution in [1.29, 1.82) is 0 Å². The lowest BCUT2D eigenvalue weighted by Crippen LogP contribution is -2.43. The minimum atomic E-state index is -0.570. The predicted octanol–water partition coefficient (Wildman–Crippen LogP) is 4.77. The molecule has 2 rings (SSSR count). The van der Waals surface area contributed by atoms with E-state index in [2.05, 4.69) is 15.8 Å². The van der Waals surface area contributed by atoms with Crippen molar-refractivity contribution < 1.29 is 9.63 Å². The van der Waals surface area contributed by atoms with Crippen LogP contribution in [-0.2, 0) is 10.4 Å². The van der Waals surface area contributed by atoms with Gasteiger partial charge in [0.2, 0.25) is 0 Å². The van der Waals surface area contributed by atoms with Crippen LogP contribution < -0.4 is 10.6 Å². The molecule has 2 aromatic carbocycles. The summed E-state index contributed by atoms with van der Waals surface area (Å²) in [5, 5.41) is 10.3. The third kappa shape index (κ3) is 5.22. The van der Waals surface area contributed by atoms with E-state index in [-0.39, 0.29) is 6.03 Å². The molecule has 2 amide bonds. The van der Waals surface area contributed by atoms with Crippen LogP contribution in [0.25, 0.3) is 0 Å². The van der Waals surface area contributed by atoms with Crippen molar-refractivity contribution in [2.75, 3.05) is 12.4 Å². The van der Waals surface area contributed by atoms with Gasteiger partial charge >= 0.3 is 6.03 Å². The number of urea groups is 1. The highest BCUT2D eigenvalue weighted by molar-refractivity contribution is 6.30. The van der Waals surface area contributed by atoms with Crippen LogP contribution in [0.15, 0.2) is 53.7 Å². The Morgan fingerprint density at radius 1 is 1.16 bits per heavy atom. The maximum Gasteiger partial charge on any atom is 0.319 e. The molecule has 0 saturated heterocycles. The smallest absolute Gasteiger partial charge is 0.319 e.